The summed E-state index contributed by atoms with van der Waals surface area (Å²) >= 11 is 1.57. The lowest BCUT2D eigenvalue weighted by Gasteiger charge is -2.60. The molecular formula is C23H34F3N3OS. The molecule has 2 atom stereocenters. The highest BCUT2D eigenvalue weighted by Gasteiger charge is 2.57. The lowest BCUT2D eigenvalue weighted by atomic mass is 9.56. The molecule has 0 radical (unpaired) electrons. The molecular weight excluding hydrogens is 423 g/mol. The Balaban J connectivity index is 0.00000112. The molecule has 31 heavy (non-hydrogen) atoms. The van der Waals surface area contributed by atoms with E-state index in [2.05, 4.69) is 21.1 Å². The zero-order valence-electron chi connectivity index (χ0n) is 19.0. The van der Waals surface area contributed by atoms with Gasteiger partial charge in [-0.05, 0) is 74.4 Å². The van der Waals surface area contributed by atoms with Crippen LogP contribution >= 0.6 is 11.9 Å². The highest BCUT2D eigenvalue weighted by molar-refractivity contribution is 7.97. The first kappa shape index (κ1) is 23.3. The van der Waals surface area contributed by atoms with Crippen molar-refractivity contribution in [3.63, 3.8) is 0 Å². The molecule has 4 saturated heterocycles. The first-order chi connectivity index (χ1) is 14.6. The van der Waals surface area contributed by atoms with E-state index >= 15 is 0 Å². The molecule has 6 rings (SSSR count). The minimum atomic E-state index is -4.38. The summed E-state index contributed by atoms with van der Waals surface area (Å²) in [7, 11) is 0. The predicted octanol–water partition coefficient (Wildman–Crippen LogP) is 5.26. The Morgan fingerprint density at radius 2 is 1.77 bits per heavy atom. The molecule has 4 nitrogen and oxygen atoms in total. The van der Waals surface area contributed by atoms with Crippen LogP contribution in [0.4, 0.5) is 13.2 Å². The smallest absolute Gasteiger partial charge is 0.375 e. The maximum atomic E-state index is 12.8. The number of halogens is 3. The molecule has 0 aromatic carbocycles. The fourth-order valence-corrected chi connectivity index (χ4v) is 7.30. The van der Waals surface area contributed by atoms with E-state index in [-0.39, 0.29) is 5.60 Å². The maximum absolute atomic E-state index is 12.8. The van der Waals surface area contributed by atoms with Crippen LogP contribution in [-0.4, -0.2) is 59.1 Å². The Kier molecular flexibility index (Phi) is 6.40. The number of aryl methyl sites for hydroxylation is 1. The van der Waals surface area contributed by atoms with E-state index in [9.17, 15) is 13.2 Å². The summed E-state index contributed by atoms with van der Waals surface area (Å²) in [4.78, 5) is 7.25. The van der Waals surface area contributed by atoms with Gasteiger partial charge in [-0.1, -0.05) is 13.8 Å². The van der Waals surface area contributed by atoms with Crippen molar-refractivity contribution in [2.24, 2.45) is 17.3 Å². The summed E-state index contributed by atoms with van der Waals surface area (Å²) in [6, 6.07) is 2.65. The van der Waals surface area contributed by atoms with Crippen LogP contribution < -0.4 is 0 Å². The lowest BCUT2D eigenvalue weighted by molar-refractivity contribution is -0.219. The fraction of sp³-hybridized carbons (Fsp3) is 0.783. The standard InChI is InChI=1S/C21H28F3N3OS.C2H6/c1-14-17(3-4-18(25-14)21(22,23)24)29-27-9-15-7-26(8-16(15)10-27)13-20-5-6-28-19(2,11-20)12-20;1-2/h3-4,15-16H,5-13H2,1-2H3;1-2H3. The first-order valence-corrected chi connectivity index (χ1v) is 12.2. The monoisotopic (exact) mass is 457 g/mol. The Labute approximate surface area is 188 Å². The van der Waals surface area contributed by atoms with E-state index in [1.165, 1.54) is 25.8 Å². The van der Waals surface area contributed by atoms with Crippen LogP contribution in [0.1, 0.15) is 51.4 Å². The number of hydrogen-bond acceptors (Lipinski definition) is 5. The Morgan fingerprint density at radius 1 is 1.13 bits per heavy atom. The molecule has 1 aliphatic carbocycles. The first-order valence-electron chi connectivity index (χ1n) is 11.5. The zero-order valence-corrected chi connectivity index (χ0v) is 19.8. The molecule has 1 aromatic rings. The summed E-state index contributed by atoms with van der Waals surface area (Å²) in [5.74, 6) is 1.32. The average molecular weight is 458 g/mol. The van der Waals surface area contributed by atoms with Gasteiger partial charge in [0, 0.05) is 44.2 Å². The lowest BCUT2D eigenvalue weighted by Crippen LogP contribution is -2.60. The van der Waals surface area contributed by atoms with Gasteiger partial charge in [0.15, 0.2) is 0 Å². The van der Waals surface area contributed by atoms with Gasteiger partial charge in [-0.25, -0.2) is 9.29 Å². The van der Waals surface area contributed by atoms with E-state index in [4.69, 9.17) is 4.74 Å². The van der Waals surface area contributed by atoms with Crippen molar-refractivity contribution in [2.45, 2.75) is 63.6 Å². The summed E-state index contributed by atoms with van der Waals surface area (Å²) in [5.41, 5.74) is 0.251. The number of hydrogen-bond donors (Lipinski definition) is 0. The topological polar surface area (TPSA) is 28.6 Å². The minimum Gasteiger partial charge on any atom is -0.375 e. The number of pyridine rings is 1. The molecule has 1 saturated carbocycles. The molecule has 5 aliphatic rings. The number of aromatic nitrogens is 1. The van der Waals surface area contributed by atoms with Crippen LogP contribution in [0.2, 0.25) is 0 Å². The molecule has 0 N–H and O–H groups in total. The van der Waals surface area contributed by atoms with E-state index < -0.39 is 11.9 Å². The summed E-state index contributed by atoms with van der Waals surface area (Å²) in [5, 5.41) is 0. The molecule has 5 fully saturated rings. The van der Waals surface area contributed by atoms with Gasteiger partial charge in [0.1, 0.15) is 5.69 Å². The molecule has 0 amide bonds. The summed E-state index contributed by atoms with van der Waals surface area (Å²) in [6.45, 7) is 14.3. The third kappa shape index (κ3) is 4.77. The van der Waals surface area contributed by atoms with Gasteiger partial charge in [-0.15, -0.1) is 0 Å². The van der Waals surface area contributed by atoms with Gasteiger partial charge in [0.05, 0.1) is 11.3 Å². The van der Waals surface area contributed by atoms with E-state index in [0.29, 0.717) is 22.9 Å². The van der Waals surface area contributed by atoms with Crippen molar-refractivity contribution in [2.75, 3.05) is 39.3 Å². The van der Waals surface area contributed by atoms with Crippen molar-refractivity contribution in [1.82, 2.24) is 14.2 Å². The second-order valence-electron chi connectivity index (χ2n) is 9.83. The minimum absolute atomic E-state index is 0.134. The van der Waals surface area contributed by atoms with Crippen LogP contribution in [0.3, 0.4) is 0 Å². The van der Waals surface area contributed by atoms with Crippen LogP contribution in [0.25, 0.3) is 0 Å². The third-order valence-electron chi connectivity index (χ3n) is 7.22. The number of nitrogens with zero attached hydrogens (tertiary/aromatic N) is 3. The SMILES string of the molecule is CC.Cc1nc(C(F)(F)F)ccc1SN1CC2CN(CC34CCOC(C)(C3)C4)CC2C1. The van der Waals surface area contributed by atoms with Crippen LogP contribution in [-0.2, 0) is 10.9 Å². The average Bonchev–Trinajstić information content (AvgIpc) is 3.21. The number of alkyl halides is 3. The van der Waals surface area contributed by atoms with Gasteiger partial charge in [-0.3, -0.25) is 0 Å². The van der Waals surface area contributed by atoms with Crippen LogP contribution in [0.15, 0.2) is 17.0 Å². The maximum Gasteiger partial charge on any atom is 0.433 e. The Hall–Kier alpha value is -0.830. The zero-order chi connectivity index (χ0) is 22.4. The Bertz CT molecular complexity index is 783. The normalized spacial score (nSPS) is 35.3. The summed E-state index contributed by atoms with van der Waals surface area (Å²) in [6.07, 6.45) is -0.789. The van der Waals surface area contributed by atoms with Gasteiger partial charge in [-0.2, -0.15) is 13.2 Å². The van der Waals surface area contributed by atoms with Crippen LogP contribution in [0.5, 0.6) is 0 Å². The second-order valence-corrected chi connectivity index (χ2v) is 11.0. The number of rotatable bonds is 4. The van der Waals surface area contributed by atoms with Crippen molar-refractivity contribution < 1.29 is 17.9 Å². The molecule has 4 aliphatic heterocycles. The predicted molar refractivity (Wildman–Crippen MR) is 117 cm³/mol. The second kappa shape index (κ2) is 8.50. The quantitative estimate of drug-likeness (QED) is 0.575. The molecule has 8 heteroatoms. The number of likely N-dealkylation sites (tertiary alicyclic amines) is 1. The fourth-order valence-electron chi connectivity index (χ4n) is 6.19. The Morgan fingerprint density at radius 3 is 2.32 bits per heavy atom. The van der Waals surface area contributed by atoms with Gasteiger partial charge < -0.3 is 9.64 Å². The van der Waals surface area contributed by atoms with Crippen molar-refractivity contribution in [3.05, 3.63) is 23.5 Å². The highest BCUT2D eigenvalue weighted by Crippen LogP contribution is 2.57. The molecule has 5 heterocycles. The number of fused-ring (bicyclic) bond motifs is 3. The summed E-state index contributed by atoms with van der Waals surface area (Å²) < 4.78 is 46.7. The van der Waals surface area contributed by atoms with E-state index in [0.717, 1.165) is 43.7 Å². The van der Waals surface area contributed by atoms with E-state index in [1.54, 1.807) is 24.9 Å². The van der Waals surface area contributed by atoms with Gasteiger partial charge >= 0.3 is 6.18 Å². The van der Waals surface area contributed by atoms with E-state index in [1.807, 2.05) is 13.8 Å². The van der Waals surface area contributed by atoms with Gasteiger partial charge in [0.25, 0.3) is 0 Å². The molecule has 1 aromatic heterocycles. The largest absolute Gasteiger partial charge is 0.433 e. The molecule has 0 spiro atoms. The van der Waals surface area contributed by atoms with Crippen molar-refractivity contribution in [1.29, 1.82) is 0 Å². The van der Waals surface area contributed by atoms with Crippen LogP contribution in [0, 0.1) is 24.2 Å². The van der Waals surface area contributed by atoms with Crippen molar-refractivity contribution >= 4 is 11.9 Å². The third-order valence-corrected chi connectivity index (χ3v) is 8.41. The highest BCUT2D eigenvalue weighted by atomic mass is 32.2. The van der Waals surface area contributed by atoms with Gasteiger partial charge in [0.2, 0.25) is 0 Å². The molecule has 174 valence electrons. The molecule has 2 bridgehead atoms. The molecule has 2 unspecified atom stereocenters. The number of ether oxygens (including phenoxy) is 1. The van der Waals surface area contributed by atoms with Crippen molar-refractivity contribution in [3.8, 4) is 0 Å².